The molecule has 0 unspecified atom stereocenters. The second-order valence-electron chi connectivity index (χ2n) is 12.8. The lowest BCUT2D eigenvalue weighted by Gasteiger charge is -2.24. The predicted octanol–water partition coefficient (Wildman–Crippen LogP) is 5.52. The van der Waals surface area contributed by atoms with Gasteiger partial charge in [-0.1, -0.05) is 103 Å². The summed E-state index contributed by atoms with van der Waals surface area (Å²) < 4.78 is 5.76. The van der Waals surface area contributed by atoms with Gasteiger partial charge in [-0.2, -0.15) is 0 Å². The highest BCUT2D eigenvalue weighted by Gasteiger charge is 2.30. The molecule has 4 aromatic carbocycles. The Hall–Kier alpha value is -5.28. The number of aliphatic hydroxyl groups excluding tert-OH is 1. The molecule has 0 aromatic heterocycles. The first kappa shape index (κ1) is 36.0. The molecule has 4 atom stereocenters. The van der Waals surface area contributed by atoms with Crippen molar-refractivity contribution in [2.24, 2.45) is 11.8 Å². The van der Waals surface area contributed by atoms with E-state index < -0.39 is 41.7 Å². The Bertz CT molecular complexity index is 1760. The summed E-state index contributed by atoms with van der Waals surface area (Å²) in [6.07, 6.45) is 6.91. The van der Waals surface area contributed by atoms with E-state index in [0.29, 0.717) is 31.4 Å². The zero-order chi connectivity index (χ0) is 35.1. The van der Waals surface area contributed by atoms with Gasteiger partial charge in [-0.05, 0) is 72.6 Å². The van der Waals surface area contributed by atoms with Gasteiger partial charge in [0.2, 0.25) is 11.8 Å². The molecule has 9 heteroatoms. The van der Waals surface area contributed by atoms with Crippen LogP contribution in [0.5, 0.6) is 0 Å². The standard InChI is InChI=1S/C41H45N3O6/c45-27-36(24-30-15-7-4-8-16-30)42-38(46)26-33-19-9-1-2-10-20-34(23-29-13-5-3-6-14-29)41(49)50-28-37(44-39(33)47)40(48)43-35-22-21-31-17-11-12-18-32(31)25-35/h1,3-9,11-18,21-22,25,33-34,36-37,45H,2,10,19-20,23-24,26-28H2,(H,42,46)(H,43,48)(H,44,47)/t33-,34-,36+,37+/m1/s1. The van der Waals surface area contributed by atoms with Crippen LogP contribution in [0.25, 0.3) is 10.8 Å². The molecular formula is C41H45N3O6. The van der Waals surface area contributed by atoms with E-state index in [2.05, 4.69) is 16.0 Å². The Kier molecular flexibility index (Phi) is 13.3. The fraction of sp³-hybridized carbons (Fsp3) is 0.317. The Morgan fingerprint density at radius 2 is 1.54 bits per heavy atom. The number of aliphatic hydroxyl groups is 1. The molecule has 0 spiro atoms. The number of fused-ring (bicyclic) bond motifs is 1. The molecule has 0 saturated carbocycles. The van der Waals surface area contributed by atoms with Gasteiger partial charge < -0.3 is 25.8 Å². The summed E-state index contributed by atoms with van der Waals surface area (Å²) >= 11 is 0. The van der Waals surface area contributed by atoms with Gasteiger partial charge in [0.05, 0.1) is 24.5 Å². The van der Waals surface area contributed by atoms with Crippen molar-refractivity contribution in [2.75, 3.05) is 18.5 Å². The molecule has 260 valence electrons. The number of anilines is 1. The third-order valence-electron chi connectivity index (χ3n) is 8.92. The summed E-state index contributed by atoms with van der Waals surface area (Å²) in [5.41, 5.74) is 2.51. The van der Waals surface area contributed by atoms with Gasteiger partial charge >= 0.3 is 5.97 Å². The Morgan fingerprint density at radius 1 is 0.840 bits per heavy atom. The number of allylic oxidation sites excluding steroid dienone is 2. The summed E-state index contributed by atoms with van der Waals surface area (Å²) in [7, 11) is 0. The van der Waals surface area contributed by atoms with Gasteiger partial charge in [0, 0.05) is 12.1 Å². The molecular weight excluding hydrogens is 630 g/mol. The molecule has 0 fully saturated rings. The molecule has 50 heavy (non-hydrogen) atoms. The number of cyclic esters (lactones) is 1. The maximum atomic E-state index is 13.8. The van der Waals surface area contributed by atoms with E-state index in [4.69, 9.17) is 4.74 Å². The predicted molar refractivity (Wildman–Crippen MR) is 194 cm³/mol. The maximum absolute atomic E-state index is 13.8. The number of ether oxygens (including phenoxy) is 1. The number of hydrogen-bond acceptors (Lipinski definition) is 6. The van der Waals surface area contributed by atoms with Crippen molar-refractivity contribution in [3.63, 3.8) is 0 Å². The van der Waals surface area contributed by atoms with Gasteiger partial charge in [0.1, 0.15) is 12.6 Å². The van der Waals surface area contributed by atoms with Crippen LogP contribution >= 0.6 is 0 Å². The minimum Gasteiger partial charge on any atom is -0.463 e. The van der Waals surface area contributed by atoms with Crippen LogP contribution < -0.4 is 16.0 Å². The van der Waals surface area contributed by atoms with Crippen LogP contribution in [0, 0.1) is 11.8 Å². The van der Waals surface area contributed by atoms with E-state index in [9.17, 15) is 24.3 Å². The second-order valence-corrected chi connectivity index (χ2v) is 12.8. The first-order valence-electron chi connectivity index (χ1n) is 17.3. The number of esters is 1. The van der Waals surface area contributed by atoms with Crippen LogP contribution in [0.3, 0.4) is 0 Å². The van der Waals surface area contributed by atoms with Crippen molar-refractivity contribution in [1.29, 1.82) is 0 Å². The van der Waals surface area contributed by atoms with Crippen LogP contribution in [0.4, 0.5) is 5.69 Å². The average molecular weight is 676 g/mol. The van der Waals surface area contributed by atoms with Crippen LogP contribution in [0.1, 0.15) is 43.2 Å². The quantitative estimate of drug-likeness (QED) is 0.129. The fourth-order valence-corrected chi connectivity index (χ4v) is 6.17. The third-order valence-corrected chi connectivity index (χ3v) is 8.92. The lowest BCUT2D eigenvalue weighted by Crippen LogP contribution is -2.50. The van der Waals surface area contributed by atoms with E-state index >= 15 is 0 Å². The van der Waals surface area contributed by atoms with Crippen molar-refractivity contribution >= 4 is 40.2 Å². The summed E-state index contributed by atoms with van der Waals surface area (Å²) in [6, 6.07) is 30.8. The monoisotopic (exact) mass is 675 g/mol. The highest BCUT2D eigenvalue weighted by Crippen LogP contribution is 2.21. The molecule has 5 rings (SSSR count). The molecule has 1 aliphatic rings. The van der Waals surface area contributed by atoms with E-state index in [1.807, 2.05) is 109 Å². The molecule has 0 saturated heterocycles. The molecule has 0 aliphatic carbocycles. The normalized spacial score (nSPS) is 19.4. The topological polar surface area (TPSA) is 134 Å². The molecule has 9 nitrogen and oxygen atoms in total. The highest BCUT2D eigenvalue weighted by molar-refractivity contribution is 5.99. The molecule has 3 amide bonds. The van der Waals surface area contributed by atoms with E-state index in [0.717, 1.165) is 28.3 Å². The summed E-state index contributed by atoms with van der Waals surface area (Å²) in [4.78, 5) is 54.2. The van der Waals surface area contributed by atoms with Crippen molar-refractivity contribution in [1.82, 2.24) is 10.6 Å². The van der Waals surface area contributed by atoms with Crippen LogP contribution in [-0.4, -0.2) is 54.1 Å². The molecule has 4 aromatic rings. The minimum absolute atomic E-state index is 0.153. The van der Waals surface area contributed by atoms with Crippen molar-refractivity contribution in [2.45, 2.75) is 57.0 Å². The summed E-state index contributed by atoms with van der Waals surface area (Å²) in [6.45, 7) is -0.626. The van der Waals surface area contributed by atoms with Gasteiger partial charge in [-0.25, -0.2) is 0 Å². The van der Waals surface area contributed by atoms with Crippen LogP contribution in [0.2, 0.25) is 0 Å². The zero-order valence-corrected chi connectivity index (χ0v) is 28.1. The number of benzene rings is 4. The van der Waals surface area contributed by atoms with E-state index in [1.54, 1.807) is 6.07 Å². The molecule has 4 N–H and O–H groups in total. The molecule has 0 radical (unpaired) electrons. The van der Waals surface area contributed by atoms with Crippen molar-refractivity contribution in [3.8, 4) is 0 Å². The first-order valence-corrected chi connectivity index (χ1v) is 17.3. The van der Waals surface area contributed by atoms with E-state index in [-0.39, 0.29) is 32.0 Å². The van der Waals surface area contributed by atoms with Crippen LogP contribution in [-0.2, 0) is 36.8 Å². The lowest BCUT2D eigenvalue weighted by atomic mass is 9.93. The molecule has 1 aliphatic heterocycles. The molecule has 0 bridgehead atoms. The maximum Gasteiger partial charge on any atom is 0.309 e. The highest BCUT2D eigenvalue weighted by atomic mass is 16.5. The number of rotatable bonds is 10. The summed E-state index contributed by atoms with van der Waals surface area (Å²) in [5, 5.41) is 20.4. The summed E-state index contributed by atoms with van der Waals surface area (Å²) in [5.74, 6) is -3.10. The minimum atomic E-state index is -1.21. The number of carbonyl (C=O) groups excluding carboxylic acids is 4. The van der Waals surface area contributed by atoms with Gasteiger partial charge in [0.25, 0.3) is 5.91 Å². The van der Waals surface area contributed by atoms with Crippen molar-refractivity contribution < 1.29 is 29.0 Å². The van der Waals surface area contributed by atoms with Crippen molar-refractivity contribution in [3.05, 3.63) is 126 Å². The molecule has 1 heterocycles. The van der Waals surface area contributed by atoms with Gasteiger partial charge in [-0.3, -0.25) is 19.2 Å². The average Bonchev–Trinajstić information content (AvgIpc) is 3.13. The SMILES string of the molecule is O=C(C[C@H]1CC=CCCC[C@H](Cc2ccccc2)C(=O)OC[C@@H](C(=O)Nc2ccc3ccccc3c2)NC1=O)N[C@H](CO)Cc1ccccc1. The van der Waals surface area contributed by atoms with E-state index in [1.165, 1.54) is 0 Å². The number of hydrogen-bond donors (Lipinski definition) is 4. The smallest absolute Gasteiger partial charge is 0.309 e. The Labute approximate surface area is 293 Å². The zero-order valence-electron chi connectivity index (χ0n) is 28.1. The largest absolute Gasteiger partial charge is 0.463 e. The Balaban J connectivity index is 1.33. The number of carbonyl (C=O) groups is 4. The Morgan fingerprint density at radius 3 is 2.28 bits per heavy atom. The van der Waals surface area contributed by atoms with Gasteiger partial charge in [-0.15, -0.1) is 0 Å². The number of amides is 3. The number of nitrogens with one attached hydrogen (secondary N) is 3. The lowest BCUT2D eigenvalue weighted by molar-refractivity contribution is -0.151. The first-order chi connectivity index (χ1) is 24.4. The van der Waals surface area contributed by atoms with Gasteiger partial charge in [0.15, 0.2) is 0 Å². The fourth-order valence-electron chi connectivity index (χ4n) is 6.17. The second kappa shape index (κ2) is 18.5. The third kappa shape index (κ3) is 10.9. The van der Waals surface area contributed by atoms with Crippen LogP contribution in [0.15, 0.2) is 115 Å².